The number of ether oxygens (including phenoxy) is 1. The first-order chi connectivity index (χ1) is 12.8. The highest BCUT2D eigenvalue weighted by Crippen LogP contribution is 2.24. The predicted molar refractivity (Wildman–Crippen MR) is 108 cm³/mol. The van der Waals surface area contributed by atoms with Gasteiger partial charge in [0.15, 0.2) is 0 Å². The monoisotopic (exact) mass is 406 g/mol. The van der Waals surface area contributed by atoms with E-state index in [1.54, 1.807) is 23.6 Å². The van der Waals surface area contributed by atoms with E-state index < -0.39 is 16.1 Å². The Balaban J connectivity index is 1.77. The van der Waals surface area contributed by atoms with E-state index in [0.717, 1.165) is 16.9 Å². The minimum absolute atomic E-state index is 0.0157. The molecular formula is C19H22N2O4S2. The van der Waals surface area contributed by atoms with Crippen LogP contribution in [0.5, 0.6) is 5.75 Å². The molecule has 3 rings (SSSR count). The van der Waals surface area contributed by atoms with Crippen LogP contribution in [0, 0.1) is 0 Å². The molecule has 0 spiro atoms. The molecule has 1 heterocycles. The SMILES string of the molecule is CC(C)n1c(=O)sc2cc(S(=O)(=O)N[C@@H](C)COc3ccccc3)ccc21. The summed E-state index contributed by atoms with van der Waals surface area (Å²) < 4.78 is 35.9. The molecule has 0 aliphatic heterocycles. The van der Waals surface area contributed by atoms with Crippen molar-refractivity contribution in [1.29, 1.82) is 0 Å². The highest BCUT2D eigenvalue weighted by atomic mass is 32.2. The Morgan fingerprint density at radius 1 is 1.11 bits per heavy atom. The fraction of sp³-hybridized carbons (Fsp3) is 0.316. The summed E-state index contributed by atoms with van der Waals surface area (Å²) in [6.07, 6.45) is 0. The van der Waals surface area contributed by atoms with E-state index in [1.807, 2.05) is 44.2 Å². The highest BCUT2D eigenvalue weighted by molar-refractivity contribution is 7.89. The second kappa shape index (κ2) is 7.84. The van der Waals surface area contributed by atoms with E-state index >= 15 is 0 Å². The number of hydrogen-bond donors (Lipinski definition) is 1. The second-order valence-corrected chi connectivity index (χ2v) is 9.31. The number of benzene rings is 2. The van der Waals surface area contributed by atoms with Crippen LogP contribution in [0.3, 0.4) is 0 Å². The maximum Gasteiger partial charge on any atom is 0.308 e. The summed E-state index contributed by atoms with van der Waals surface area (Å²) in [6, 6.07) is 13.6. The maximum atomic E-state index is 12.7. The first-order valence-corrected chi connectivity index (χ1v) is 10.9. The van der Waals surface area contributed by atoms with Crippen LogP contribution in [0.4, 0.5) is 0 Å². The molecule has 27 heavy (non-hydrogen) atoms. The Morgan fingerprint density at radius 3 is 2.48 bits per heavy atom. The fourth-order valence-electron chi connectivity index (χ4n) is 2.78. The molecule has 0 fully saturated rings. The molecule has 0 aliphatic carbocycles. The summed E-state index contributed by atoms with van der Waals surface area (Å²) >= 11 is 1.05. The molecule has 1 aromatic heterocycles. The lowest BCUT2D eigenvalue weighted by Crippen LogP contribution is -2.36. The quantitative estimate of drug-likeness (QED) is 0.652. The van der Waals surface area contributed by atoms with E-state index in [1.165, 1.54) is 6.07 Å². The van der Waals surface area contributed by atoms with Gasteiger partial charge in [0.2, 0.25) is 10.0 Å². The molecule has 1 N–H and O–H groups in total. The predicted octanol–water partition coefficient (Wildman–Crippen LogP) is 3.39. The van der Waals surface area contributed by atoms with Crippen molar-refractivity contribution in [2.45, 2.75) is 37.8 Å². The zero-order chi connectivity index (χ0) is 19.6. The molecule has 0 amide bonds. The Bertz CT molecular complexity index is 1090. The highest BCUT2D eigenvalue weighted by Gasteiger charge is 2.20. The van der Waals surface area contributed by atoms with Gasteiger partial charge in [-0.05, 0) is 51.1 Å². The third-order valence-electron chi connectivity index (χ3n) is 4.01. The Labute approximate surface area is 162 Å². The average Bonchev–Trinajstić information content (AvgIpc) is 2.95. The van der Waals surface area contributed by atoms with Gasteiger partial charge in [0.25, 0.3) is 0 Å². The lowest BCUT2D eigenvalue weighted by Gasteiger charge is -2.15. The Morgan fingerprint density at radius 2 is 1.81 bits per heavy atom. The zero-order valence-corrected chi connectivity index (χ0v) is 17.0. The second-order valence-electron chi connectivity index (χ2n) is 6.61. The smallest absolute Gasteiger partial charge is 0.308 e. The van der Waals surface area contributed by atoms with Crippen LogP contribution in [0.25, 0.3) is 10.2 Å². The zero-order valence-electron chi connectivity index (χ0n) is 15.4. The van der Waals surface area contributed by atoms with E-state index in [2.05, 4.69) is 4.72 Å². The molecular weight excluding hydrogens is 384 g/mol. The number of fused-ring (bicyclic) bond motifs is 1. The lowest BCUT2D eigenvalue weighted by molar-refractivity contribution is 0.287. The number of thiazole rings is 1. The van der Waals surface area contributed by atoms with Crippen LogP contribution < -0.4 is 14.3 Å². The molecule has 6 nitrogen and oxygen atoms in total. The number of nitrogens with one attached hydrogen (secondary N) is 1. The van der Waals surface area contributed by atoms with E-state index in [0.29, 0.717) is 10.4 Å². The molecule has 0 radical (unpaired) electrons. The Kier molecular flexibility index (Phi) is 5.69. The van der Waals surface area contributed by atoms with Gasteiger partial charge >= 0.3 is 4.87 Å². The van der Waals surface area contributed by atoms with Crippen LogP contribution in [-0.4, -0.2) is 25.6 Å². The minimum Gasteiger partial charge on any atom is -0.492 e. The first-order valence-electron chi connectivity index (χ1n) is 8.63. The standard InChI is InChI=1S/C19H22N2O4S2/c1-13(2)21-17-10-9-16(11-18(17)26-19(21)22)27(23,24)20-14(3)12-25-15-7-5-4-6-8-15/h4-11,13-14,20H,12H2,1-3H3/t14-/m0/s1. The summed E-state index contributed by atoms with van der Waals surface area (Å²) in [5, 5.41) is 0. The van der Waals surface area contributed by atoms with Crippen molar-refractivity contribution in [2.75, 3.05) is 6.61 Å². The van der Waals surface area contributed by atoms with Gasteiger partial charge in [-0.3, -0.25) is 9.36 Å². The van der Waals surface area contributed by atoms with Crippen molar-refractivity contribution in [2.24, 2.45) is 0 Å². The summed E-state index contributed by atoms with van der Waals surface area (Å²) in [4.78, 5) is 12.2. The van der Waals surface area contributed by atoms with Crippen molar-refractivity contribution in [3.8, 4) is 5.75 Å². The largest absolute Gasteiger partial charge is 0.492 e. The molecule has 0 bridgehead atoms. The summed E-state index contributed by atoms with van der Waals surface area (Å²) in [7, 11) is -3.71. The molecule has 2 aromatic carbocycles. The number of para-hydroxylation sites is 1. The van der Waals surface area contributed by atoms with E-state index in [9.17, 15) is 13.2 Å². The Hall–Kier alpha value is -2.16. The number of rotatable bonds is 7. The third kappa shape index (κ3) is 4.40. The molecule has 8 heteroatoms. The van der Waals surface area contributed by atoms with Crippen LogP contribution in [-0.2, 0) is 10.0 Å². The number of hydrogen-bond acceptors (Lipinski definition) is 5. The summed E-state index contributed by atoms with van der Waals surface area (Å²) in [6.45, 7) is 5.80. The number of nitrogens with zero attached hydrogens (tertiary/aromatic N) is 1. The fourth-order valence-corrected chi connectivity index (χ4v) is 5.16. The van der Waals surface area contributed by atoms with Gasteiger partial charge in [0.05, 0.1) is 21.2 Å². The van der Waals surface area contributed by atoms with Gasteiger partial charge in [-0.15, -0.1) is 0 Å². The molecule has 3 aromatic rings. The van der Waals surface area contributed by atoms with Gasteiger partial charge in [-0.25, -0.2) is 13.1 Å². The maximum absolute atomic E-state index is 12.7. The average molecular weight is 407 g/mol. The van der Waals surface area contributed by atoms with Crippen LogP contribution in [0.1, 0.15) is 26.8 Å². The molecule has 1 atom stereocenters. The van der Waals surface area contributed by atoms with Crippen molar-refractivity contribution in [3.05, 3.63) is 58.2 Å². The van der Waals surface area contributed by atoms with Crippen molar-refractivity contribution in [1.82, 2.24) is 9.29 Å². The summed E-state index contributed by atoms with van der Waals surface area (Å²) in [5.41, 5.74) is 0.749. The first kappa shape index (κ1) is 19.6. The number of aromatic nitrogens is 1. The molecule has 0 saturated heterocycles. The van der Waals surface area contributed by atoms with Gasteiger partial charge in [0.1, 0.15) is 12.4 Å². The molecule has 0 aliphatic rings. The van der Waals surface area contributed by atoms with Crippen molar-refractivity contribution >= 4 is 31.6 Å². The van der Waals surface area contributed by atoms with Gasteiger partial charge < -0.3 is 4.74 Å². The van der Waals surface area contributed by atoms with Crippen LogP contribution in [0.15, 0.2) is 58.2 Å². The van der Waals surface area contributed by atoms with E-state index in [4.69, 9.17) is 4.74 Å². The number of sulfonamides is 1. The molecule has 144 valence electrons. The van der Waals surface area contributed by atoms with Crippen LogP contribution in [0.2, 0.25) is 0 Å². The van der Waals surface area contributed by atoms with Crippen molar-refractivity contribution < 1.29 is 13.2 Å². The van der Waals surface area contributed by atoms with Gasteiger partial charge in [-0.2, -0.15) is 0 Å². The van der Waals surface area contributed by atoms with E-state index in [-0.39, 0.29) is 22.4 Å². The lowest BCUT2D eigenvalue weighted by atomic mass is 10.3. The van der Waals surface area contributed by atoms with Crippen LogP contribution >= 0.6 is 11.3 Å². The molecule has 0 unspecified atom stereocenters. The van der Waals surface area contributed by atoms with Gasteiger partial charge in [-0.1, -0.05) is 29.5 Å². The minimum atomic E-state index is -3.71. The topological polar surface area (TPSA) is 77.4 Å². The van der Waals surface area contributed by atoms with Crippen molar-refractivity contribution in [3.63, 3.8) is 0 Å². The molecule has 0 saturated carbocycles. The normalized spacial score (nSPS) is 13.2. The van der Waals surface area contributed by atoms with Gasteiger partial charge in [0, 0.05) is 6.04 Å². The summed E-state index contributed by atoms with van der Waals surface area (Å²) in [5.74, 6) is 0.685. The third-order valence-corrected chi connectivity index (χ3v) is 6.52.